The lowest BCUT2D eigenvalue weighted by molar-refractivity contribution is 0.211. The van der Waals surface area contributed by atoms with E-state index in [9.17, 15) is 5.26 Å². The topological polar surface area (TPSA) is 43.2 Å². The number of fused-ring (bicyclic) bond motifs is 1. The monoisotopic (exact) mass is 300 g/mol. The Balaban J connectivity index is 1.66. The van der Waals surface area contributed by atoms with E-state index in [2.05, 4.69) is 41.0 Å². The predicted octanol–water partition coefficient (Wildman–Crippen LogP) is 3.11. The molecule has 0 saturated carbocycles. The van der Waals surface area contributed by atoms with E-state index >= 15 is 0 Å². The number of benzene rings is 1. The molecule has 1 atom stereocenters. The Hall–Kier alpha value is -1.64. The van der Waals surface area contributed by atoms with Crippen LogP contribution in [0.2, 0.25) is 0 Å². The van der Waals surface area contributed by atoms with Crippen LogP contribution in [0, 0.1) is 11.3 Å². The van der Waals surface area contributed by atoms with Crippen molar-refractivity contribution in [2.24, 2.45) is 0 Å². The SMILES string of the molecule is CCCC(C#N)N1CCN(c2nc3ccccc3s2)CC1. The number of nitrogens with zero attached hydrogens (tertiary/aromatic N) is 4. The maximum Gasteiger partial charge on any atom is 0.186 e. The molecular weight excluding hydrogens is 280 g/mol. The first-order chi connectivity index (χ1) is 10.3. The summed E-state index contributed by atoms with van der Waals surface area (Å²) in [5.41, 5.74) is 1.08. The lowest BCUT2D eigenvalue weighted by Gasteiger charge is -2.36. The number of piperazine rings is 1. The fourth-order valence-corrected chi connectivity index (χ4v) is 3.84. The highest BCUT2D eigenvalue weighted by Gasteiger charge is 2.24. The number of hydrogen-bond acceptors (Lipinski definition) is 5. The van der Waals surface area contributed by atoms with Crippen LogP contribution in [0.3, 0.4) is 0 Å². The van der Waals surface area contributed by atoms with Gasteiger partial charge >= 0.3 is 0 Å². The highest BCUT2D eigenvalue weighted by Crippen LogP contribution is 2.29. The molecule has 0 radical (unpaired) electrons. The van der Waals surface area contributed by atoms with Crippen LogP contribution in [0.5, 0.6) is 0 Å². The molecule has 1 fully saturated rings. The second-order valence-electron chi connectivity index (χ2n) is 5.42. The molecule has 1 unspecified atom stereocenters. The second-order valence-corrected chi connectivity index (χ2v) is 6.43. The van der Waals surface area contributed by atoms with Crippen LogP contribution in [0.1, 0.15) is 19.8 Å². The second kappa shape index (κ2) is 6.42. The molecule has 1 aromatic carbocycles. The summed E-state index contributed by atoms with van der Waals surface area (Å²) in [5.74, 6) is 0. The molecule has 1 saturated heterocycles. The summed E-state index contributed by atoms with van der Waals surface area (Å²) in [4.78, 5) is 9.39. The molecule has 0 N–H and O–H groups in total. The number of hydrogen-bond donors (Lipinski definition) is 0. The van der Waals surface area contributed by atoms with E-state index in [4.69, 9.17) is 4.98 Å². The van der Waals surface area contributed by atoms with Gasteiger partial charge in [0.25, 0.3) is 0 Å². The van der Waals surface area contributed by atoms with Gasteiger partial charge in [0, 0.05) is 26.2 Å². The van der Waals surface area contributed by atoms with Crippen LogP contribution in [0.15, 0.2) is 24.3 Å². The zero-order valence-corrected chi connectivity index (χ0v) is 13.1. The van der Waals surface area contributed by atoms with Crippen LogP contribution in [0.25, 0.3) is 10.2 Å². The van der Waals surface area contributed by atoms with E-state index in [0.717, 1.165) is 49.7 Å². The van der Waals surface area contributed by atoms with Gasteiger partial charge in [-0.3, -0.25) is 4.90 Å². The minimum absolute atomic E-state index is 0.0764. The van der Waals surface area contributed by atoms with Gasteiger partial charge in [-0.25, -0.2) is 4.98 Å². The largest absolute Gasteiger partial charge is 0.345 e. The van der Waals surface area contributed by atoms with Crippen molar-refractivity contribution in [3.8, 4) is 6.07 Å². The molecule has 5 heteroatoms. The lowest BCUT2D eigenvalue weighted by Crippen LogP contribution is -2.50. The number of anilines is 1. The zero-order chi connectivity index (χ0) is 14.7. The molecule has 0 amide bonds. The van der Waals surface area contributed by atoms with Gasteiger partial charge in [-0.1, -0.05) is 36.8 Å². The van der Waals surface area contributed by atoms with Crippen molar-refractivity contribution >= 4 is 26.7 Å². The summed E-state index contributed by atoms with van der Waals surface area (Å²) >= 11 is 1.76. The maximum absolute atomic E-state index is 9.27. The van der Waals surface area contributed by atoms with E-state index < -0.39 is 0 Å². The molecule has 0 aliphatic carbocycles. The van der Waals surface area contributed by atoms with Gasteiger partial charge in [-0.05, 0) is 18.6 Å². The quantitative estimate of drug-likeness (QED) is 0.870. The summed E-state index contributed by atoms with van der Waals surface area (Å²) in [6.45, 7) is 5.97. The number of rotatable bonds is 4. The first kappa shape index (κ1) is 14.3. The number of thiazole rings is 1. The molecule has 1 aromatic heterocycles. The van der Waals surface area contributed by atoms with Crippen LogP contribution >= 0.6 is 11.3 Å². The van der Waals surface area contributed by atoms with E-state index in [-0.39, 0.29) is 6.04 Å². The maximum atomic E-state index is 9.27. The average molecular weight is 300 g/mol. The van der Waals surface area contributed by atoms with Gasteiger partial charge in [0.05, 0.1) is 22.3 Å². The smallest absolute Gasteiger partial charge is 0.186 e. The molecular formula is C16H20N4S. The molecule has 4 nitrogen and oxygen atoms in total. The van der Waals surface area contributed by atoms with Crippen molar-refractivity contribution < 1.29 is 0 Å². The van der Waals surface area contributed by atoms with Crippen LogP contribution < -0.4 is 4.90 Å². The molecule has 21 heavy (non-hydrogen) atoms. The normalized spacial score (nSPS) is 17.8. The van der Waals surface area contributed by atoms with Crippen LogP contribution in [-0.4, -0.2) is 42.1 Å². The van der Waals surface area contributed by atoms with E-state index in [1.807, 2.05) is 6.07 Å². The van der Waals surface area contributed by atoms with E-state index in [1.54, 1.807) is 11.3 Å². The minimum Gasteiger partial charge on any atom is -0.345 e. The Labute approximate surface area is 129 Å². The van der Waals surface area contributed by atoms with Crippen molar-refractivity contribution in [2.45, 2.75) is 25.8 Å². The number of para-hydroxylation sites is 1. The first-order valence-electron chi connectivity index (χ1n) is 7.56. The number of nitriles is 1. The third-order valence-electron chi connectivity index (χ3n) is 4.02. The van der Waals surface area contributed by atoms with Gasteiger partial charge in [-0.15, -0.1) is 0 Å². The zero-order valence-electron chi connectivity index (χ0n) is 12.3. The molecule has 1 aliphatic rings. The lowest BCUT2D eigenvalue weighted by atomic mass is 10.1. The Bertz CT molecular complexity index is 604. The fraction of sp³-hybridized carbons (Fsp3) is 0.500. The van der Waals surface area contributed by atoms with Crippen molar-refractivity contribution in [3.63, 3.8) is 0 Å². The molecule has 1 aliphatic heterocycles. The van der Waals surface area contributed by atoms with E-state index in [1.165, 1.54) is 4.70 Å². The third kappa shape index (κ3) is 3.02. The van der Waals surface area contributed by atoms with Gasteiger partial charge < -0.3 is 4.90 Å². The molecule has 2 heterocycles. The minimum atomic E-state index is 0.0764. The molecule has 0 spiro atoms. The predicted molar refractivity (Wildman–Crippen MR) is 87.7 cm³/mol. The van der Waals surface area contributed by atoms with Crippen LogP contribution in [0.4, 0.5) is 5.13 Å². The Morgan fingerprint density at radius 1 is 1.29 bits per heavy atom. The molecule has 110 valence electrons. The van der Waals surface area contributed by atoms with Gasteiger partial charge in [0.2, 0.25) is 0 Å². The molecule has 0 bridgehead atoms. The van der Waals surface area contributed by atoms with Gasteiger partial charge in [-0.2, -0.15) is 5.26 Å². The summed E-state index contributed by atoms with van der Waals surface area (Å²) in [6, 6.07) is 10.8. The summed E-state index contributed by atoms with van der Waals surface area (Å²) in [6.07, 6.45) is 2.04. The van der Waals surface area contributed by atoms with E-state index in [0.29, 0.717) is 0 Å². The van der Waals surface area contributed by atoms with Crippen molar-refractivity contribution in [2.75, 3.05) is 31.1 Å². The molecule has 2 aromatic rings. The van der Waals surface area contributed by atoms with Gasteiger partial charge in [0.15, 0.2) is 5.13 Å². The Morgan fingerprint density at radius 3 is 2.71 bits per heavy atom. The third-order valence-corrected chi connectivity index (χ3v) is 5.12. The summed E-state index contributed by atoms with van der Waals surface area (Å²) < 4.78 is 1.25. The van der Waals surface area contributed by atoms with Crippen molar-refractivity contribution in [1.82, 2.24) is 9.88 Å². The van der Waals surface area contributed by atoms with Crippen molar-refractivity contribution in [3.05, 3.63) is 24.3 Å². The van der Waals surface area contributed by atoms with Crippen LogP contribution in [-0.2, 0) is 0 Å². The average Bonchev–Trinajstić information content (AvgIpc) is 2.97. The Morgan fingerprint density at radius 2 is 2.05 bits per heavy atom. The first-order valence-corrected chi connectivity index (χ1v) is 8.37. The van der Waals surface area contributed by atoms with Crippen molar-refractivity contribution in [1.29, 1.82) is 5.26 Å². The molecule has 3 rings (SSSR count). The Kier molecular flexibility index (Phi) is 4.37. The fourth-order valence-electron chi connectivity index (χ4n) is 2.82. The standard InChI is InChI=1S/C16H20N4S/c1-2-5-13(12-17)19-8-10-20(11-9-19)16-18-14-6-3-4-7-15(14)21-16/h3-4,6-7,13H,2,5,8-11H2,1H3. The van der Waals surface area contributed by atoms with Gasteiger partial charge in [0.1, 0.15) is 0 Å². The number of aromatic nitrogens is 1. The summed E-state index contributed by atoms with van der Waals surface area (Å²) in [5, 5.41) is 10.4. The summed E-state index contributed by atoms with van der Waals surface area (Å²) in [7, 11) is 0. The highest BCUT2D eigenvalue weighted by atomic mass is 32.1. The highest BCUT2D eigenvalue weighted by molar-refractivity contribution is 7.22.